The fourth-order valence-corrected chi connectivity index (χ4v) is 2.84. The first-order valence-corrected chi connectivity index (χ1v) is 9.01. The monoisotopic (exact) mass is 408 g/mol. The number of halogens is 1. The van der Waals surface area contributed by atoms with Crippen LogP contribution in [-0.4, -0.2) is 24.9 Å². The van der Waals surface area contributed by atoms with Gasteiger partial charge in [0.05, 0.1) is 18.4 Å². The Balaban J connectivity index is 1.77. The standard InChI is InChI=1S/C22H17ClN2O4/c1-29-22(28)18-10-2-3-11-19(18)25-21(27)15-7-5-9-17(13-15)24-20(26)14-6-4-8-16(23)12-14/h2-13H,1H3,(H,24,26)(H,25,27). The second-order valence-electron chi connectivity index (χ2n) is 6.04. The molecule has 0 aliphatic rings. The maximum absolute atomic E-state index is 12.6. The van der Waals surface area contributed by atoms with Gasteiger partial charge in [0.25, 0.3) is 11.8 Å². The number of ether oxygens (including phenoxy) is 1. The summed E-state index contributed by atoms with van der Waals surface area (Å²) >= 11 is 5.92. The van der Waals surface area contributed by atoms with Crippen molar-refractivity contribution in [1.82, 2.24) is 0 Å². The largest absolute Gasteiger partial charge is 0.465 e. The summed E-state index contributed by atoms with van der Waals surface area (Å²) in [4.78, 5) is 36.9. The maximum atomic E-state index is 12.6. The van der Waals surface area contributed by atoms with E-state index < -0.39 is 11.9 Å². The number of nitrogens with one attached hydrogen (secondary N) is 2. The zero-order chi connectivity index (χ0) is 20.8. The first kappa shape index (κ1) is 20.1. The van der Waals surface area contributed by atoms with Gasteiger partial charge in [-0.2, -0.15) is 0 Å². The van der Waals surface area contributed by atoms with Gasteiger partial charge >= 0.3 is 5.97 Å². The van der Waals surface area contributed by atoms with Gasteiger partial charge in [0, 0.05) is 21.8 Å². The van der Waals surface area contributed by atoms with E-state index in [2.05, 4.69) is 10.6 Å². The lowest BCUT2D eigenvalue weighted by Crippen LogP contribution is -2.16. The van der Waals surface area contributed by atoms with Crippen molar-refractivity contribution in [3.05, 3.63) is 94.5 Å². The molecule has 0 saturated carbocycles. The molecule has 0 aromatic heterocycles. The first-order valence-electron chi connectivity index (χ1n) is 8.63. The highest BCUT2D eigenvalue weighted by Crippen LogP contribution is 2.19. The highest BCUT2D eigenvalue weighted by molar-refractivity contribution is 6.31. The molecule has 3 aromatic rings. The van der Waals surface area contributed by atoms with Crippen LogP contribution in [0.15, 0.2) is 72.8 Å². The van der Waals surface area contributed by atoms with Gasteiger partial charge in [-0.15, -0.1) is 0 Å². The van der Waals surface area contributed by atoms with Crippen molar-refractivity contribution in [3.8, 4) is 0 Å². The van der Waals surface area contributed by atoms with Crippen molar-refractivity contribution in [3.63, 3.8) is 0 Å². The average Bonchev–Trinajstić information content (AvgIpc) is 2.73. The molecule has 0 heterocycles. The van der Waals surface area contributed by atoms with E-state index in [0.29, 0.717) is 27.5 Å². The van der Waals surface area contributed by atoms with Crippen molar-refractivity contribution in [2.75, 3.05) is 17.7 Å². The molecule has 3 aromatic carbocycles. The molecule has 0 aliphatic heterocycles. The van der Waals surface area contributed by atoms with Gasteiger partial charge in [0.15, 0.2) is 0 Å². The van der Waals surface area contributed by atoms with Gasteiger partial charge in [-0.25, -0.2) is 4.79 Å². The van der Waals surface area contributed by atoms with Gasteiger partial charge in [0.2, 0.25) is 0 Å². The highest BCUT2D eigenvalue weighted by atomic mass is 35.5. The summed E-state index contributed by atoms with van der Waals surface area (Å²) in [6, 6.07) is 19.5. The number of rotatable bonds is 5. The zero-order valence-corrected chi connectivity index (χ0v) is 16.2. The summed E-state index contributed by atoms with van der Waals surface area (Å²) in [5, 5.41) is 5.88. The minimum atomic E-state index is -0.552. The summed E-state index contributed by atoms with van der Waals surface area (Å²) in [7, 11) is 1.27. The van der Waals surface area contributed by atoms with Crippen molar-refractivity contribution in [2.24, 2.45) is 0 Å². The van der Waals surface area contributed by atoms with Gasteiger partial charge in [0.1, 0.15) is 0 Å². The van der Waals surface area contributed by atoms with Crippen LogP contribution in [-0.2, 0) is 4.74 Å². The predicted octanol–water partition coefficient (Wildman–Crippen LogP) is 4.63. The quantitative estimate of drug-likeness (QED) is 0.603. The number of benzene rings is 3. The molecule has 0 unspecified atom stereocenters. The Labute approximate surface area is 172 Å². The molecule has 0 saturated heterocycles. The second-order valence-corrected chi connectivity index (χ2v) is 6.47. The summed E-state index contributed by atoms with van der Waals surface area (Å²) < 4.78 is 4.73. The van der Waals surface area contributed by atoms with Crippen LogP contribution in [0.25, 0.3) is 0 Å². The normalized spacial score (nSPS) is 10.1. The fraction of sp³-hybridized carbons (Fsp3) is 0.0455. The molecule has 0 atom stereocenters. The van der Waals surface area contributed by atoms with E-state index in [4.69, 9.17) is 16.3 Å². The first-order chi connectivity index (χ1) is 14.0. The summed E-state index contributed by atoms with van der Waals surface area (Å²) in [6.45, 7) is 0. The molecule has 29 heavy (non-hydrogen) atoms. The number of hydrogen-bond acceptors (Lipinski definition) is 4. The molecule has 6 nitrogen and oxygen atoms in total. The van der Waals surface area contributed by atoms with Crippen molar-refractivity contribution < 1.29 is 19.1 Å². The lowest BCUT2D eigenvalue weighted by molar-refractivity contribution is 0.0601. The van der Waals surface area contributed by atoms with Gasteiger partial charge in [-0.1, -0.05) is 35.9 Å². The van der Waals surface area contributed by atoms with E-state index in [9.17, 15) is 14.4 Å². The van der Waals surface area contributed by atoms with Crippen LogP contribution in [0.5, 0.6) is 0 Å². The Bertz CT molecular complexity index is 1080. The van der Waals surface area contributed by atoms with Crippen molar-refractivity contribution >= 4 is 40.8 Å². The van der Waals surface area contributed by atoms with Crippen LogP contribution in [0.1, 0.15) is 31.1 Å². The highest BCUT2D eigenvalue weighted by Gasteiger charge is 2.15. The molecule has 7 heteroatoms. The summed E-state index contributed by atoms with van der Waals surface area (Å²) in [6.07, 6.45) is 0. The topological polar surface area (TPSA) is 84.5 Å². The third-order valence-corrected chi connectivity index (χ3v) is 4.29. The summed E-state index contributed by atoms with van der Waals surface area (Å²) in [5.41, 5.74) is 1.74. The van der Waals surface area contributed by atoms with Crippen LogP contribution in [0.3, 0.4) is 0 Å². The Morgan fingerprint density at radius 3 is 2.17 bits per heavy atom. The van der Waals surface area contributed by atoms with E-state index in [-0.39, 0.29) is 11.5 Å². The molecule has 0 fully saturated rings. The van der Waals surface area contributed by atoms with E-state index in [0.717, 1.165) is 0 Å². The van der Waals surface area contributed by atoms with E-state index >= 15 is 0 Å². The molecule has 2 amide bonds. The second kappa shape index (κ2) is 9.03. The molecule has 3 rings (SSSR count). The minimum Gasteiger partial charge on any atom is -0.465 e. The molecule has 2 N–H and O–H groups in total. The Kier molecular flexibility index (Phi) is 6.26. The smallest absolute Gasteiger partial charge is 0.339 e. The Morgan fingerprint density at radius 1 is 0.793 bits per heavy atom. The van der Waals surface area contributed by atoms with Gasteiger partial charge in [-0.3, -0.25) is 9.59 Å². The fourth-order valence-electron chi connectivity index (χ4n) is 2.65. The van der Waals surface area contributed by atoms with Gasteiger partial charge in [-0.05, 0) is 48.5 Å². The van der Waals surface area contributed by atoms with Crippen LogP contribution >= 0.6 is 11.6 Å². The van der Waals surface area contributed by atoms with E-state index in [1.54, 1.807) is 72.8 Å². The number of carbonyl (C=O) groups is 3. The number of methoxy groups -OCH3 is 1. The SMILES string of the molecule is COC(=O)c1ccccc1NC(=O)c1cccc(NC(=O)c2cccc(Cl)c2)c1. The molecular weight excluding hydrogens is 392 g/mol. The molecule has 0 spiro atoms. The number of carbonyl (C=O) groups excluding carboxylic acids is 3. The average molecular weight is 409 g/mol. The number of esters is 1. The van der Waals surface area contributed by atoms with Crippen LogP contribution in [0.4, 0.5) is 11.4 Å². The summed E-state index contributed by atoms with van der Waals surface area (Å²) in [5.74, 6) is -1.33. The lowest BCUT2D eigenvalue weighted by atomic mass is 10.1. The Morgan fingerprint density at radius 2 is 1.45 bits per heavy atom. The van der Waals surface area contributed by atoms with Crippen molar-refractivity contribution in [1.29, 1.82) is 0 Å². The molecule has 0 radical (unpaired) electrons. The minimum absolute atomic E-state index is 0.244. The third-order valence-electron chi connectivity index (χ3n) is 4.05. The molecule has 146 valence electrons. The van der Waals surface area contributed by atoms with Crippen molar-refractivity contribution in [2.45, 2.75) is 0 Å². The Hall–Kier alpha value is -3.64. The number of para-hydroxylation sites is 1. The van der Waals surface area contributed by atoms with E-state index in [1.807, 2.05) is 0 Å². The van der Waals surface area contributed by atoms with Crippen LogP contribution < -0.4 is 10.6 Å². The number of amides is 2. The lowest BCUT2D eigenvalue weighted by Gasteiger charge is -2.11. The predicted molar refractivity (Wildman–Crippen MR) is 112 cm³/mol. The van der Waals surface area contributed by atoms with Gasteiger partial charge < -0.3 is 15.4 Å². The molecule has 0 aliphatic carbocycles. The van der Waals surface area contributed by atoms with Crippen LogP contribution in [0, 0.1) is 0 Å². The maximum Gasteiger partial charge on any atom is 0.339 e. The third kappa shape index (κ3) is 5.00. The molecule has 0 bridgehead atoms. The van der Waals surface area contributed by atoms with Crippen LogP contribution in [0.2, 0.25) is 5.02 Å². The van der Waals surface area contributed by atoms with E-state index in [1.165, 1.54) is 7.11 Å². The number of anilines is 2. The zero-order valence-electron chi connectivity index (χ0n) is 15.4. The molecular formula is C22H17ClN2O4. The number of hydrogen-bond donors (Lipinski definition) is 2.